The van der Waals surface area contributed by atoms with Crippen LogP contribution in [0.15, 0.2) is 0 Å². The predicted molar refractivity (Wildman–Crippen MR) is 152 cm³/mol. The first kappa shape index (κ1) is 51.2. The third kappa shape index (κ3) is 2980. The Morgan fingerprint density at radius 1 is 0.192 bits per heavy atom. The van der Waals surface area contributed by atoms with Crippen LogP contribution >= 0.6 is 0 Å². The van der Waals surface area contributed by atoms with Crippen LogP contribution in [0.2, 0.25) is 118 Å². The van der Waals surface area contributed by atoms with Gasteiger partial charge < -0.3 is 0 Å². The van der Waals surface area contributed by atoms with Gasteiger partial charge in [0.15, 0.2) is 0 Å². The molecule has 0 saturated carbocycles. The van der Waals surface area contributed by atoms with Crippen molar-refractivity contribution in [1.29, 1.82) is 0 Å². The van der Waals surface area contributed by atoms with E-state index < -0.39 is 0 Å². The van der Waals surface area contributed by atoms with Gasteiger partial charge in [-0.15, -0.1) is 0 Å². The van der Waals surface area contributed by atoms with Crippen LogP contribution in [0, 0.1) is 0 Å². The summed E-state index contributed by atoms with van der Waals surface area (Å²) in [6.45, 7) is 40.8. The molecule has 26 heavy (non-hydrogen) atoms. The van der Waals surface area contributed by atoms with Crippen LogP contribution < -0.4 is 0 Å². The fraction of sp³-hybridized carbons (Fsp3) is 1.00. The van der Waals surface area contributed by atoms with E-state index in [1.807, 2.05) is 0 Å². The topological polar surface area (TPSA) is 0 Å². The van der Waals surface area contributed by atoms with Gasteiger partial charge in [0.1, 0.15) is 0 Å². The molecule has 0 aliphatic heterocycles. The monoisotopic (exact) mass is 586 g/mol. The van der Waals surface area contributed by atoms with Gasteiger partial charge in [0.2, 0.25) is 0 Å². The molecule has 158 valence electrons. The summed E-state index contributed by atoms with van der Waals surface area (Å²) in [4.78, 5) is 0. The normalized spacial score (nSPS) is 8.31. The van der Waals surface area contributed by atoms with Crippen LogP contribution in [-0.4, -0.2) is 88.0 Å². The van der Waals surface area contributed by atoms with Gasteiger partial charge in [-0.2, -0.15) is 0 Å². The summed E-state index contributed by atoms with van der Waals surface area (Å²) in [5.74, 6) is 0. The average molecular weight is 584 g/mol. The first-order valence-electron chi connectivity index (χ1n) is 9.00. The minimum absolute atomic E-state index is 0. The summed E-state index contributed by atoms with van der Waals surface area (Å²) in [6.07, 6.45) is 0. The van der Waals surface area contributed by atoms with Crippen LogP contribution in [0.3, 0.4) is 0 Å². The predicted octanol–water partition coefficient (Wildman–Crippen LogP) is 7.46. The Labute approximate surface area is 204 Å². The molecule has 0 aliphatic carbocycles. The summed E-state index contributed by atoms with van der Waals surface area (Å²) in [6, 6.07) is 0. The molecule has 0 aromatic heterocycles. The third-order valence-corrected chi connectivity index (χ3v) is 0. The molecule has 0 N–H and O–H groups in total. The Kier molecular flexibility index (Phi) is 90.4. The summed E-state index contributed by atoms with van der Waals surface area (Å²) < 4.78 is 0. The first-order chi connectivity index (χ1) is 10.4. The zero-order valence-electron chi connectivity index (χ0n) is 22.0. The Morgan fingerprint density at radius 2 is 0.192 bits per heavy atom. The molecule has 0 nitrogen and oxygen atoms in total. The van der Waals surface area contributed by atoms with E-state index in [9.17, 15) is 0 Å². The van der Waals surface area contributed by atoms with E-state index in [2.05, 4.69) is 118 Å². The molecule has 0 aliphatic rings. The van der Waals surface area contributed by atoms with Crippen LogP contribution in [0.1, 0.15) is 0 Å². The van der Waals surface area contributed by atoms with Crippen molar-refractivity contribution in [2.45, 2.75) is 118 Å². The maximum atomic E-state index is 2.27. The summed E-state index contributed by atoms with van der Waals surface area (Å²) in [5, 5.41) is 0. The molecule has 0 aromatic rings. The zero-order valence-corrected chi connectivity index (χ0v) is 32.2. The van der Waals surface area contributed by atoms with Crippen molar-refractivity contribution in [3.05, 3.63) is 0 Å². The van der Waals surface area contributed by atoms with Crippen LogP contribution in [0.25, 0.3) is 0 Å². The smallest absolute Gasteiger partial charge is 0.0379 e. The maximum absolute atomic E-state index is 2.27. The summed E-state index contributed by atoms with van der Waals surface area (Å²) in [7, 11) is 0.722. The molecule has 0 rings (SSSR count). The van der Waals surface area contributed by atoms with E-state index in [4.69, 9.17) is 0 Å². The molecule has 0 heterocycles. The van der Waals surface area contributed by atoms with Crippen LogP contribution in [0.5, 0.6) is 0 Å². The van der Waals surface area contributed by atoms with Gasteiger partial charge in [-0.05, 0) is 0 Å². The van der Waals surface area contributed by atoms with Crippen molar-refractivity contribution in [2.24, 2.45) is 0 Å². The molecular formula is C18H54Ge2Si6. The van der Waals surface area contributed by atoms with Gasteiger partial charge in [-0.3, -0.25) is 0 Å². The molecular weight excluding hydrogens is 530 g/mol. The summed E-state index contributed by atoms with van der Waals surface area (Å²) >= 11 is 0. The van der Waals surface area contributed by atoms with E-state index in [-0.39, 0.29) is 88.0 Å². The molecule has 0 aromatic carbocycles. The molecule has 0 amide bonds. The molecule has 0 unspecified atom stereocenters. The minimum Gasteiger partial charge on any atom is -0.0715 e. The van der Waals surface area contributed by atoms with E-state index >= 15 is 0 Å². The first-order valence-corrected chi connectivity index (χ1v) is 27.0. The third-order valence-electron chi connectivity index (χ3n) is 0. The van der Waals surface area contributed by atoms with E-state index in [0.29, 0.717) is 0 Å². The minimum atomic E-state index is 0. The largest absolute Gasteiger partial charge is 0.0715 e. The maximum Gasteiger partial charge on any atom is 0.0379 e. The van der Waals surface area contributed by atoms with Crippen molar-refractivity contribution in [1.82, 2.24) is 0 Å². The van der Waals surface area contributed by atoms with Crippen LogP contribution in [-0.2, 0) is 0 Å². The molecule has 0 spiro atoms. The van der Waals surface area contributed by atoms with E-state index in [0.717, 1.165) is 0 Å². The van der Waals surface area contributed by atoms with Gasteiger partial charge in [-0.25, -0.2) is 0 Å². The fourth-order valence-corrected chi connectivity index (χ4v) is 0. The second-order valence-electron chi connectivity index (χ2n) is 9.00. The molecule has 8 heteroatoms. The molecule has 14 radical (unpaired) electrons. The van der Waals surface area contributed by atoms with E-state index in [1.165, 1.54) is 0 Å². The van der Waals surface area contributed by atoms with Gasteiger partial charge >= 0.3 is 0 Å². The number of hydrogen-bond acceptors (Lipinski definition) is 0. The van der Waals surface area contributed by atoms with Gasteiger partial charge in [0.05, 0.1) is 0 Å². The number of hydrogen-bond donors (Lipinski definition) is 0. The Hall–Kier alpha value is 2.39. The number of rotatable bonds is 0. The standard InChI is InChI=1S/6C3H9Si.2Ge/c6*1-4(2)3;;/h6*1-3H3;;. The zero-order chi connectivity index (χ0) is 21.5. The van der Waals surface area contributed by atoms with Crippen molar-refractivity contribution in [3.63, 3.8) is 0 Å². The molecule has 0 saturated heterocycles. The fourth-order valence-electron chi connectivity index (χ4n) is 0. The SMILES string of the molecule is C[Si](C)C.C[Si](C)C.C[Si](C)C.C[Si](C)C.C[Si](C)C.C[Si](C)C.[Ge].[Ge]. The Balaban J connectivity index is -0.0000000245. The average Bonchev–Trinajstić information content (AvgIpc) is 2.08. The van der Waals surface area contributed by atoms with Gasteiger partial charge in [-0.1, -0.05) is 118 Å². The summed E-state index contributed by atoms with van der Waals surface area (Å²) in [5.41, 5.74) is 0. The van der Waals surface area contributed by atoms with Gasteiger partial charge in [0, 0.05) is 88.0 Å². The van der Waals surface area contributed by atoms with Gasteiger partial charge in [0.25, 0.3) is 0 Å². The van der Waals surface area contributed by atoms with Crippen LogP contribution in [0.4, 0.5) is 0 Å². The molecule has 0 atom stereocenters. The van der Waals surface area contributed by atoms with Crippen molar-refractivity contribution < 1.29 is 0 Å². The molecule has 0 bridgehead atoms. The quantitative estimate of drug-likeness (QED) is 0.260. The van der Waals surface area contributed by atoms with Crippen molar-refractivity contribution >= 4 is 88.0 Å². The second kappa shape index (κ2) is 45.9. The Bertz CT molecular complexity index is 105. The van der Waals surface area contributed by atoms with Crippen molar-refractivity contribution in [3.8, 4) is 0 Å². The Morgan fingerprint density at radius 3 is 0.192 bits per heavy atom. The second-order valence-corrected chi connectivity index (χ2v) is 27.0. The molecule has 0 fully saturated rings. The van der Waals surface area contributed by atoms with E-state index in [1.54, 1.807) is 0 Å². The van der Waals surface area contributed by atoms with Crippen molar-refractivity contribution in [2.75, 3.05) is 0 Å².